The molecule has 0 radical (unpaired) electrons. The van der Waals surface area contributed by atoms with Crippen molar-refractivity contribution in [1.29, 1.82) is 0 Å². The zero-order chi connectivity index (χ0) is 85.3. The summed E-state index contributed by atoms with van der Waals surface area (Å²) < 4.78 is 60.2. The normalized spacial score (nSPS) is 14.1. The fraction of sp³-hybridized carbons (Fsp3) is 0.608. The summed E-state index contributed by atoms with van der Waals surface area (Å²) in [6, 6.07) is 22.1. The smallest absolute Gasteiger partial charge is 0.259 e. The Morgan fingerprint density at radius 3 is 0.908 bits per heavy atom. The molecular weight excluding hydrogens is 1500 g/mol. The molecular formula is C102H152N6O12. The molecule has 0 saturated heterocycles. The highest BCUT2D eigenvalue weighted by Gasteiger charge is 2.31. The maximum Gasteiger partial charge on any atom is 0.259 e. The van der Waals surface area contributed by atoms with Crippen molar-refractivity contribution in [3.63, 3.8) is 0 Å². The van der Waals surface area contributed by atoms with Crippen molar-refractivity contribution in [3.8, 4) is 46.0 Å². The topological polar surface area (TPSA) is 207 Å². The van der Waals surface area contributed by atoms with E-state index in [4.69, 9.17) is 57.6 Å². The zero-order valence-corrected chi connectivity index (χ0v) is 75.4. The molecule has 5 aromatic carbocycles. The molecule has 662 valence electrons. The van der Waals surface area contributed by atoms with E-state index in [-0.39, 0.29) is 17.0 Å². The summed E-state index contributed by atoms with van der Waals surface area (Å²) in [6.45, 7) is 23.5. The van der Waals surface area contributed by atoms with E-state index in [1.165, 1.54) is 51.4 Å². The van der Waals surface area contributed by atoms with E-state index in [0.717, 1.165) is 218 Å². The Hall–Kier alpha value is -8.64. The highest BCUT2D eigenvalue weighted by atomic mass is 16.5. The first-order valence-corrected chi connectivity index (χ1v) is 47.4. The van der Waals surface area contributed by atoms with Gasteiger partial charge < -0.3 is 58.6 Å². The van der Waals surface area contributed by atoms with Crippen molar-refractivity contribution in [1.82, 2.24) is 0 Å². The molecule has 2 atom stereocenters. The molecule has 3 amide bonds. The van der Waals surface area contributed by atoms with Gasteiger partial charge in [0, 0.05) is 43.4 Å². The molecule has 5 aromatic rings. The van der Waals surface area contributed by atoms with Gasteiger partial charge in [0.15, 0.2) is 0 Å². The zero-order valence-electron chi connectivity index (χ0n) is 75.4. The Kier molecular flexibility index (Phi) is 49.9. The summed E-state index contributed by atoms with van der Waals surface area (Å²) >= 11 is 0. The van der Waals surface area contributed by atoms with Crippen LogP contribution < -0.4 is 53.8 Å². The summed E-state index contributed by atoms with van der Waals surface area (Å²) in [7, 11) is 0. The van der Waals surface area contributed by atoms with Gasteiger partial charge >= 0.3 is 0 Å². The average molecular weight is 1650 g/mol. The first kappa shape index (κ1) is 98.5. The predicted molar refractivity (Wildman–Crippen MR) is 499 cm³/mol. The lowest BCUT2D eigenvalue weighted by atomic mass is 9.92. The molecule has 0 aromatic heterocycles. The van der Waals surface area contributed by atoms with Crippen LogP contribution >= 0.6 is 0 Å². The second-order valence-corrected chi connectivity index (χ2v) is 32.5. The van der Waals surface area contributed by atoms with Gasteiger partial charge in [-0.15, -0.1) is 0 Å². The van der Waals surface area contributed by atoms with Crippen LogP contribution in [0.25, 0.3) is 0 Å². The van der Waals surface area contributed by atoms with Crippen LogP contribution in [0.5, 0.6) is 46.0 Å². The molecule has 0 spiro atoms. The van der Waals surface area contributed by atoms with E-state index in [9.17, 15) is 0 Å². The predicted octanol–water partition coefficient (Wildman–Crippen LogP) is 28.4. The summed E-state index contributed by atoms with van der Waals surface area (Å²) in [5.74, 6) is 1.57. The SMILES string of the molecule is CCCCCCCCOc1cc(OCCCCCCCC)c2cc1N=CC1=CC(C(=O)Nc3cc(c(OCCCCCCCC)cc3OCCCCCCCC)N=Cc3ccc(OCCCC)c(c3)C(=O)Nc3cc(c(OCCCCCCCC)cc3OCCCCCCCC)N=Cc3ccc(OCCCC)c(c3)C(=O)N2)C(OCCCC)C=C1. The van der Waals surface area contributed by atoms with Crippen LogP contribution in [0.15, 0.2) is 112 Å². The van der Waals surface area contributed by atoms with Gasteiger partial charge in [-0.2, -0.15) is 0 Å². The number of hydrogen-bond acceptors (Lipinski definition) is 15. The molecule has 2 unspecified atom stereocenters. The van der Waals surface area contributed by atoms with Crippen molar-refractivity contribution < 1.29 is 57.0 Å². The number of hydrogen-bond donors (Lipinski definition) is 3. The molecule has 0 fully saturated rings. The average Bonchev–Trinajstić information content (AvgIpc) is 0.813. The summed E-state index contributed by atoms with van der Waals surface area (Å²) in [5.41, 5.74) is 4.96. The molecule has 18 heteroatoms. The Balaban J connectivity index is 1.49. The Bertz CT molecular complexity index is 3900. The van der Waals surface area contributed by atoms with E-state index in [2.05, 4.69) is 78.3 Å². The maximum absolute atomic E-state index is 15.7. The fourth-order valence-electron chi connectivity index (χ4n) is 14.4. The number of allylic oxidation sites excluding steroid dienone is 2. The van der Waals surface area contributed by atoms with Gasteiger partial charge in [-0.25, -0.2) is 0 Å². The van der Waals surface area contributed by atoms with Gasteiger partial charge in [0.2, 0.25) is 5.91 Å². The Morgan fingerprint density at radius 1 is 0.283 bits per heavy atom. The molecule has 18 nitrogen and oxygen atoms in total. The lowest BCUT2D eigenvalue weighted by Crippen LogP contribution is -2.34. The molecule has 3 N–H and O–H groups in total. The van der Waals surface area contributed by atoms with Crippen molar-refractivity contribution >= 4 is 70.5 Å². The highest BCUT2D eigenvalue weighted by molar-refractivity contribution is 6.10. The lowest BCUT2D eigenvalue weighted by Gasteiger charge is -2.26. The molecule has 120 heavy (non-hydrogen) atoms. The van der Waals surface area contributed by atoms with Gasteiger partial charge in [0.1, 0.15) is 63.1 Å². The van der Waals surface area contributed by atoms with Crippen LogP contribution in [0.4, 0.5) is 34.1 Å². The molecule has 2 aliphatic rings. The number of benzene rings is 5. The van der Waals surface area contributed by atoms with Gasteiger partial charge in [-0.3, -0.25) is 29.4 Å². The maximum atomic E-state index is 15.7. The van der Waals surface area contributed by atoms with Crippen LogP contribution in [0.2, 0.25) is 0 Å². The van der Waals surface area contributed by atoms with Crippen LogP contribution in [0, 0.1) is 5.92 Å². The number of nitrogens with zero attached hydrogens (tertiary/aromatic N) is 3. The lowest BCUT2D eigenvalue weighted by molar-refractivity contribution is -0.121. The molecule has 12 bridgehead atoms. The van der Waals surface area contributed by atoms with E-state index in [1.807, 2.05) is 78.9 Å². The Labute approximate surface area is 722 Å². The van der Waals surface area contributed by atoms with Crippen LogP contribution in [-0.4, -0.2) is 102 Å². The Morgan fingerprint density at radius 2 is 0.567 bits per heavy atom. The third-order valence-corrected chi connectivity index (χ3v) is 21.9. The molecule has 1 aliphatic carbocycles. The van der Waals surface area contributed by atoms with Gasteiger partial charge in [-0.05, 0) is 129 Å². The molecule has 7 rings (SSSR count). The molecule has 1 aliphatic heterocycles. The number of unbranched alkanes of at least 4 members (excludes halogenated alkanes) is 33. The van der Waals surface area contributed by atoms with Gasteiger partial charge in [0.25, 0.3) is 11.8 Å². The van der Waals surface area contributed by atoms with E-state index in [1.54, 1.807) is 30.8 Å². The second-order valence-electron chi connectivity index (χ2n) is 32.5. The monoisotopic (exact) mass is 1650 g/mol. The quantitative estimate of drug-likeness (QED) is 0.0311. The van der Waals surface area contributed by atoms with Crippen LogP contribution in [0.3, 0.4) is 0 Å². The van der Waals surface area contributed by atoms with Crippen molar-refractivity contribution in [2.24, 2.45) is 20.9 Å². The van der Waals surface area contributed by atoms with Gasteiger partial charge in [-0.1, -0.05) is 292 Å². The number of carbonyl (C=O) groups is 3. The summed E-state index contributed by atoms with van der Waals surface area (Å²) in [4.78, 5) is 62.5. The van der Waals surface area contributed by atoms with E-state index < -0.39 is 23.8 Å². The van der Waals surface area contributed by atoms with Crippen LogP contribution in [0.1, 0.15) is 364 Å². The second kappa shape index (κ2) is 60.8. The van der Waals surface area contributed by atoms with E-state index >= 15 is 14.4 Å². The number of anilines is 3. The van der Waals surface area contributed by atoms with Crippen molar-refractivity contribution in [2.45, 2.75) is 338 Å². The minimum Gasteiger partial charge on any atom is -0.493 e. The number of aliphatic imine (C=N–C) groups is 3. The first-order valence-electron chi connectivity index (χ1n) is 47.4. The summed E-state index contributed by atoms with van der Waals surface area (Å²) in [5, 5.41) is 9.93. The third kappa shape index (κ3) is 37.0. The molecule has 0 saturated carbocycles. The minimum atomic E-state index is -0.834. The number of amides is 3. The van der Waals surface area contributed by atoms with Crippen LogP contribution in [-0.2, 0) is 9.53 Å². The minimum absolute atomic E-state index is 0.276. The third-order valence-electron chi connectivity index (χ3n) is 21.9. The number of nitrogens with one attached hydrogen (secondary N) is 3. The van der Waals surface area contributed by atoms with E-state index in [0.29, 0.717) is 156 Å². The number of carbonyl (C=O) groups excluding carboxylic acids is 3. The van der Waals surface area contributed by atoms with Crippen molar-refractivity contribution in [3.05, 3.63) is 119 Å². The number of ether oxygens (including phenoxy) is 9. The summed E-state index contributed by atoms with van der Waals surface area (Å²) in [6.07, 6.45) is 54.1. The highest BCUT2D eigenvalue weighted by Crippen LogP contribution is 2.44. The van der Waals surface area contributed by atoms with Crippen molar-refractivity contribution in [2.75, 3.05) is 75.4 Å². The van der Waals surface area contributed by atoms with Gasteiger partial charge in [0.05, 0.1) is 93.1 Å². The standard InChI is InChI=1S/C102H152N6O12/c1-10-19-28-34-40-46-61-115-94-73-97(118-64-49-43-37-31-22-13-4)88-70-85(94)103-76-79-52-55-91(112-58-25-16-7)82(67-79)101(110)107-89-71-86(95(116-62-47-41-35-29-20-11-2)74-98(89)119-65-50-44-38-32-23-14-5)105-78-81-54-57-93(114-60-27-18-9)84(69-81)102(111)108-90-72-87(104-77-80-53-56-92(113-59-26-17-8)83(68-80)100(109)106-88)96(117-63-48-42-36-30-21-12-3)75-99(90)120-66-51-45-39-33-24-15-6/h52-57,67-78,82,91H,10-51,58-66H2,1-9H3,(H,106,109)(H,107,110)(H,108,111). The number of rotatable bonds is 60. The fourth-order valence-corrected chi connectivity index (χ4v) is 14.4. The number of fused-ring (bicyclic) bond motifs is 11. The molecule has 1 heterocycles. The first-order chi connectivity index (χ1) is 59.0. The largest absolute Gasteiger partial charge is 0.493 e.